The minimum atomic E-state index is -0.159. The molecule has 0 aromatic heterocycles. The van der Waals surface area contributed by atoms with E-state index in [0.29, 0.717) is 36.8 Å². The second kappa shape index (κ2) is 10.2. The fourth-order valence-electron chi connectivity index (χ4n) is 3.20. The topological polar surface area (TPSA) is 78.5 Å². The maximum atomic E-state index is 12.9. The first-order valence-electron chi connectivity index (χ1n) is 10.3. The highest BCUT2D eigenvalue weighted by molar-refractivity contribution is 5.97. The first kappa shape index (κ1) is 21.9. The monoisotopic (exact) mass is 387 g/mol. The van der Waals surface area contributed by atoms with Gasteiger partial charge in [-0.15, -0.1) is 0 Å². The van der Waals surface area contributed by atoms with E-state index in [1.165, 1.54) is 0 Å². The molecule has 6 heteroatoms. The average Bonchev–Trinajstić information content (AvgIpc) is 2.67. The summed E-state index contributed by atoms with van der Waals surface area (Å²) in [5.41, 5.74) is 1.15. The quantitative estimate of drug-likeness (QED) is 0.753. The van der Waals surface area contributed by atoms with Crippen molar-refractivity contribution < 1.29 is 14.4 Å². The predicted molar refractivity (Wildman–Crippen MR) is 111 cm³/mol. The van der Waals surface area contributed by atoms with Crippen LogP contribution in [0.1, 0.15) is 57.3 Å². The van der Waals surface area contributed by atoms with E-state index in [2.05, 4.69) is 24.5 Å². The zero-order valence-electron chi connectivity index (χ0n) is 17.5. The van der Waals surface area contributed by atoms with E-state index in [1.807, 2.05) is 13.8 Å². The number of carbonyl (C=O) groups is 3. The molecule has 0 spiro atoms. The van der Waals surface area contributed by atoms with Crippen molar-refractivity contribution in [1.82, 2.24) is 10.2 Å². The standard InChI is InChI=1S/C22H33N3O3/c1-15(2)10-11-23-21(27)18-8-6-12-25(14-18)22(28)17-7-5-9-19(13-17)24-20(26)16(3)4/h5,7,9,13,15-16,18H,6,8,10-12,14H2,1-4H3,(H,23,27)(H,24,26). The molecule has 154 valence electrons. The Bertz CT molecular complexity index is 700. The lowest BCUT2D eigenvalue weighted by atomic mass is 9.96. The summed E-state index contributed by atoms with van der Waals surface area (Å²) in [4.78, 5) is 39.0. The molecule has 0 radical (unpaired) electrons. The molecule has 3 amide bonds. The van der Waals surface area contributed by atoms with Gasteiger partial charge in [0.2, 0.25) is 11.8 Å². The number of piperidine rings is 1. The molecule has 1 heterocycles. The third-order valence-electron chi connectivity index (χ3n) is 5.00. The second-order valence-corrected chi connectivity index (χ2v) is 8.29. The minimum Gasteiger partial charge on any atom is -0.356 e. The average molecular weight is 388 g/mol. The van der Waals surface area contributed by atoms with E-state index in [9.17, 15) is 14.4 Å². The lowest BCUT2D eigenvalue weighted by Crippen LogP contribution is -2.45. The SMILES string of the molecule is CC(C)CCNC(=O)C1CCCN(C(=O)c2cccc(NC(=O)C(C)C)c2)C1. The molecule has 6 nitrogen and oxygen atoms in total. The van der Waals surface area contributed by atoms with E-state index in [0.717, 1.165) is 19.3 Å². The van der Waals surface area contributed by atoms with Crippen molar-refractivity contribution in [3.63, 3.8) is 0 Å². The van der Waals surface area contributed by atoms with E-state index in [4.69, 9.17) is 0 Å². The van der Waals surface area contributed by atoms with Crippen LogP contribution in [0.3, 0.4) is 0 Å². The first-order chi connectivity index (χ1) is 13.3. The Balaban J connectivity index is 1.98. The summed E-state index contributed by atoms with van der Waals surface area (Å²) < 4.78 is 0. The summed E-state index contributed by atoms with van der Waals surface area (Å²) >= 11 is 0. The van der Waals surface area contributed by atoms with Crippen molar-refractivity contribution in [2.45, 2.75) is 47.0 Å². The lowest BCUT2D eigenvalue weighted by Gasteiger charge is -2.32. The van der Waals surface area contributed by atoms with Gasteiger partial charge >= 0.3 is 0 Å². The molecule has 2 rings (SSSR count). The molecule has 1 saturated heterocycles. The van der Waals surface area contributed by atoms with Crippen LogP contribution in [0.15, 0.2) is 24.3 Å². The number of anilines is 1. The fourth-order valence-corrected chi connectivity index (χ4v) is 3.20. The molecule has 2 N–H and O–H groups in total. The van der Waals surface area contributed by atoms with Crippen molar-refractivity contribution in [2.24, 2.45) is 17.8 Å². The number of amides is 3. The number of nitrogens with one attached hydrogen (secondary N) is 2. The molecular weight excluding hydrogens is 354 g/mol. The molecule has 1 atom stereocenters. The van der Waals surface area contributed by atoms with Gasteiger partial charge in [-0.3, -0.25) is 14.4 Å². The van der Waals surface area contributed by atoms with Gasteiger partial charge in [0.1, 0.15) is 0 Å². The number of rotatable bonds is 7. The van der Waals surface area contributed by atoms with Crippen LogP contribution in [0.4, 0.5) is 5.69 Å². The minimum absolute atomic E-state index is 0.0381. The Morgan fingerprint density at radius 3 is 2.61 bits per heavy atom. The fraction of sp³-hybridized carbons (Fsp3) is 0.591. The van der Waals surface area contributed by atoms with Crippen LogP contribution in [0, 0.1) is 17.8 Å². The Morgan fingerprint density at radius 1 is 1.18 bits per heavy atom. The second-order valence-electron chi connectivity index (χ2n) is 8.29. The number of hydrogen-bond acceptors (Lipinski definition) is 3. The Labute approximate surface area is 168 Å². The zero-order chi connectivity index (χ0) is 20.7. The van der Waals surface area contributed by atoms with E-state index in [-0.39, 0.29) is 29.6 Å². The Hall–Kier alpha value is -2.37. The van der Waals surface area contributed by atoms with Crippen LogP contribution in [-0.4, -0.2) is 42.3 Å². The van der Waals surface area contributed by atoms with Gasteiger partial charge in [-0.1, -0.05) is 33.8 Å². The largest absolute Gasteiger partial charge is 0.356 e. The Morgan fingerprint density at radius 2 is 1.93 bits per heavy atom. The maximum Gasteiger partial charge on any atom is 0.253 e. The summed E-state index contributed by atoms with van der Waals surface area (Å²) in [5, 5.41) is 5.82. The number of benzene rings is 1. The number of hydrogen-bond donors (Lipinski definition) is 2. The van der Waals surface area contributed by atoms with Crippen molar-refractivity contribution in [2.75, 3.05) is 25.0 Å². The molecule has 0 bridgehead atoms. The third kappa shape index (κ3) is 6.36. The molecule has 1 unspecified atom stereocenters. The molecule has 1 aromatic rings. The van der Waals surface area contributed by atoms with Crippen LogP contribution < -0.4 is 10.6 Å². The van der Waals surface area contributed by atoms with Crippen molar-refractivity contribution in [3.8, 4) is 0 Å². The summed E-state index contributed by atoms with van der Waals surface area (Å²) in [5.74, 6) is 0.121. The van der Waals surface area contributed by atoms with Gasteiger partial charge in [0.25, 0.3) is 5.91 Å². The summed E-state index contributed by atoms with van der Waals surface area (Å²) in [6, 6.07) is 7.00. The highest BCUT2D eigenvalue weighted by Gasteiger charge is 2.29. The van der Waals surface area contributed by atoms with Crippen LogP contribution in [-0.2, 0) is 9.59 Å². The van der Waals surface area contributed by atoms with Crippen LogP contribution in [0.25, 0.3) is 0 Å². The molecule has 1 aromatic carbocycles. The summed E-state index contributed by atoms with van der Waals surface area (Å²) in [6.07, 6.45) is 2.58. The normalized spacial score (nSPS) is 16.9. The zero-order valence-corrected chi connectivity index (χ0v) is 17.5. The van der Waals surface area contributed by atoms with E-state index < -0.39 is 0 Å². The molecular formula is C22H33N3O3. The smallest absolute Gasteiger partial charge is 0.253 e. The summed E-state index contributed by atoms with van der Waals surface area (Å²) in [6.45, 7) is 9.68. The number of carbonyl (C=O) groups excluding carboxylic acids is 3. The Kier molecular flexibility index (Phi) is 8.03. The van der Waals surface area contributed by atoms with Gasteiger partial charge in [0.05, 0.1) is 5.92 Å². The highest BCUT2D eigenvalue weighted by atomic mass is 16.2. The van der Waals surface area contributed by atoms with Crippen LogP contribution >= 0.6 is 0 Å². The van der Waals surface area contributed by atoms with Crippen molar-refractivity contribution >= 4 is 23.4 Å². The van der Waals surface area contributed by atoms with Gasteiger partial charge < -0.3 is 15.5 Å². The summed E-state index contributed by atoms with van der Waals surface area (Å²) in [7, 11) is 0. The molecule has 28 heavy (non-hydrogen) atoms. The predicted octanol–water partition coefficient (Wildman–Crippen LogP) is 3.30. The van der Waals surface area contributed by atoms with Crippen LogP contribution in [0.2, 0.25) is 0 Å². The third-order valence-corrected chi connectivity index (χ3v) is 5.00. The number of nitrogens with zero attached hydrogens (tertiary/aromatic N) is 1. The maximum absolute atomic E-state index is 12.9. The highest BCUT2D eigenvalue weighted by Crippen LogP contribution is 2.20. The molecule has 0 aliphatic carbocycles. The van der Waals surface area contributed by atoms with E-state index >= 15 is 0 Å². The number of likely N-dealkylation sites (tertiary alicyclic amines) is 1. The molecule has 1 fully saturated rings. The lowest BCUT2D eigenvalue weighted by molar-refractivity contribution is -0.126. The molecule has 0 saturated carbocycles. The molecule has 1 aliphatic rings. The van der Waals surface area contributed by atoms with Crippen molar-refractivity contribution in [1.29, 1.82) is 0 Å². The van der Waals surface area contributed by atoms with Gasteiger partial charge in [-0.25, -0.2) is 0 Å². The molecule has 1 aliphatic heterocycles. The van der Waals surface area contributed by atoms with Gasteiger partial charge in [-0.05, 0) is 43.4 Å². The first-order valence-corrected chi connectivity index (χ1v) is 10.3. The van der Waals surface area contributed by atoms with Gasteiger partial charge in [-0.2, -0.15) is 0 Å². The van der Waals surface area contributed by atoms with Gasteiger partial charge in [0.15, 0.2) is 0 Å². The van der Waals surface area contributed by atoms with Crippen molar-refractivity contribution in [3.05, 3.63) is 29.8 Å². The van der Waals surface area contributed by atoms with Crippen LogP contribution in [0.5, 0.6) is 0 Å². The van der Waals surface area contributed by atoms with E-state index in [1.54, 1.807) is 29.2 Å². The van der Waals surface area contributed by atoms with Gasteiger partial charge in [0, 0.05) is 36.8 Å².